The second-order valence-corrected chi connectivity index (χ2v) is 3.79. The smallest absolute Gasteiger partial charge is 0.303 e. The lowest BCUT2D eigenvalue weighted by Crippen LogP contribution is -2.09. The van der Waals surface area contributed by atoms with Gasteiger partial charge in [-0.1, -0.05) is 5.21 Å². The highest BCUT2D eigenvalue weighted by Crippen LogP contribution is 2.01. The molecular weight excluding hydrogens is 236 g/mol. The number of aromatic nitrogens is 6. The Labute approximate surface area is 103 Å². The van der Waals surface area contributed by atoms with Crippen LogP contribution < -0.4 is 0 Å². The number of nitrogens with zero attached hydrogens (tertiary/aromatic N) is 6. The standard InChI is InChI=1S/C10H14N6O2/c1-2-16-9(11-7-12-16)6-15-5-8(13-14-15)3-4-10(17)18/h5,7H,2-4,6H2,1H3,(H,17,18). The van der Waals surface area contributed by atoms with Crippen LogP contribution in [0.1, 0.15) is 24.9 Å². The number of hydrogen-bond acceptors (Lipinski definition) is 5. The Bertz CT molecular complexity index is 532. The summed E-state index contributed by atoms with van der Waals surface area (Å²) in [4.78, 5) is 14.6. The second-order valence-electron chi connectivity index (χ2n) is 3.79. The predicted octanol–water partition coefficient (Wildman–Crippen LogP) is -0.0450. The van der Waals surface area contributed by atoms with Crippen LogP contribution in [0.5, 0.6) is 0 Å². The molecule has 8 nitrogen and oxygen atoms in total. The van der Waals surface area contributed by atoms with E-state index in [9.17, 15) is 4.79 Å². The normalized spacial score (nSPS) is 10.7. The van der Waals surface area contributed by atoms with Crippen LogP contribution in [0.4, 0.5) is 0 Å². The minimum Gasteiger partial charge on any atom is -0.481 e. The maximum atomic E-state index is 10.4. The zero-order valence-corrected chi connectivity index (χ0v) is 10.0. The average Bonchev–Trinajstić information content (AvgIpc) is 2.96. The molecule has 0 unspecified atom stereocenters. The molecule has 0 spiro atoms. The molecule has 0 saturated carbocycles. The van der Waals surface area contributed by atoms with Gasteiger partial charge in [0, 0.05) is 19.2 Å². The van der Waals surface area contributed by atoms with Gasteiger partial charge in [-0.3, -0.25) is 4.79 Å². The van der Waals surface area contributed by atoms with Crippen LogP contribution in [0.25, 0.3) is 0 Å². The summed E-state index contributed by atoms with van der Waals surface area (Å²) in [5.74, 6) is -0.0394. The van der Waals surface area contributed by atoms with E-state index in [1.165, 1.54) is 6.33 Å². The van der Waals surface area contributed by atoms with E-state index < -0.39 is 5.97 Å². The Morgan fingerprint density at radius 3 is 3.06 bits per heavy atom. The lowest BCUT2D eigenvalue weighted by Gasteiger charge is -2.01. The molecule has 1 N–H and O–H groups in total. The van der Waals surface area contributed by atoms with E-state index >= 15 is 0 Å². The summed E-state index contributed by atoms with van der Waals surface area (Å²) in [7, 11) is 0. The molecule has 2 heterocycles. The summed E-state index contributed by atoms with van der Waals surface area (Å²) >= 11 is 0. The fourth-order valence-corrected chi connectivity index (χ4v) is 1.58. The second kappa shape index (κ2) is 5.39. The largest absolute Gasteiger partial charge is 0.481 e. The first kappa shape index (κ1) is 12.2. The Hall–Kier alpha value is -2.25. The molecule has 0 fully saturated rings. The molecule has 0 amide bonds. The van der Waals surface area contributed by atoms with Gasteiger partial charge >= 0.3 is 5.97 Å². The molecule has 18 heavy (non-hydrogen) atoms. The Balaban J connectivity index is 2.00. The number of carboxylic acids is 1. The van der Waals surface area contributed by atoms with Crippen LogP contribution in [0.3, 0.4) is 0 Å². The van der Waals surface area contributed by atoms with Crippen molar-refractivity contribution in [3.8, 4) is 0 Å². The van der Waals surface area contributed by atoms with Gasteiger partial charge in [0.15, 0.2) is 0 Å². The minimum atomic E-state index is -0.838. The van der Waals surface area contributed by atoms with Gasteiger partial charge in [0.2, 0.25) is 0 Å². The molecule has 96 valence electrons. The summed E-state index contributed by atoms with van der Waals surface area (Å²) in [5, 5.41) is 20.5. The van der Waals surface area contributed by atoms with Gasteiger partial charge in [-0.2, -0.15) is 5.10 Å². The van der Waals surface area contributed by atoms with E-state index in [1.807, 2.05) is 6.92 Å². The molecule has 0 aliphatic carbocycles. The fraction of sp³-hybridized carbons (Fsp3) is 0.500. The van der Waals surface area contributed by atoms with E-state index in [0.717, 1.165) is 12.4 Å². The van der Waals surface area contributed by atoms with Gasteiger partial charge in [0.1, 0.15) is 18.7 Å². The third kappa shape index (κ3) is 2.90. The van der Waals surface area contributed by atoms with Gasteiger partial charge in [-0.25, -0.2) is 14.3 Å². The number of hydrogen-bond donors (Lipinski definition) is 1. The predicted molar refractivity (Wildman–Crippen MR) is 60.8 cm³/mol. The van der Waals surface area contributed by atoms with Crippen LogP contribution in [0, 0.1) is 0 Å². The molecule has 0 bridgehead atoms. The van der Waals surface area contributed by atoms with Gasteiger partial charge in [-0.15, -0.1) is 5.10 Å². The lowest BCUT2D eigenvalue weighted by atomic mass is 10.2. The molecular formula is C10H14N6O2. The van der Waals surface area contributed by atoms with Crippen molar-refractivity contribution in [3.63, 3.8) is 0 Å². The Morgan fingerprint density at radius 2 is 2.33 bits per heavy atom. The summed E-state index contributed by atoms with van der Waals surface area (Å²) in [5.41, 5.74) is 0.667. The molecule has 0 atom stereocenters. The highest BCUT2D eigenvalue weighted by molar-refractivity contribution is 5.66. The first-order valence-corrected chi connectivity index (χ1v) is 5.66. The molecule has 0 radical (unpaired) electrons. The fourth-order valence-electron chi connectivity index (χ4n) is 1.58. The molecule has 0 aliphatic rings. The summed E-state index contributed by atoms with van der Waals surface area (Å²) in [6, 6.07) is 0. The summed E-state index contributed by atoms with van der Waals surface area (Å²) in [6.45, 7) is 3.21. The van der Waals surface area contributed by atoms with Crippen molar-refractivity contribution in [2.45, 2.75) is 32.9 Å². The van der Waals surface area contributed by atoms with E-state index in [0.29, 0.717) is 18.7 Å². The molecule has 0 saturated heterocycles. The minimum absolute atomic E-state index is 0.0594. The number of aliphatic carboxylic acids is 1. The zero-order chi connectivity index (χ0) is 13.0. The maximum Gasteiger partial charge on any atom is 0.303 e. The van der Waals surface area contributed by atoms with E-state index in [2.05, 4.69) is 20.4 Å². The van der Waals surface area contributed by atoms with Crippen LogP contribution >= 0.6 is 0 Å². The quantitative estimate of drug-likeness (QED) is 0.772. The van der Waals surface area contributed by atoms with Gasteiger partial charge in [0.05, 0.1) is 12.1 Å². The average molecular weight is 250 g/mol. The molecule has 0 aromatic carbocycles. The van der Waals surface area contributed by atoms with Crippen LogP contribution in [0.2, 0.25) is 0 Å². The zero-order valence-electron chi connectivity index (χ0n) is 10.0. The van der Waals surface area contributed by atoms with E-state index in [1.54, 1.807) is 15.6 Å². The van der Waals surface area contributed by atoms with Gasteiger partial charge in [-0.05, 0) is 6.92 Å². The number of carbonyl (C=O) groups is 1. The Kier molecular flexibility index (Phi) is 3.66. The molecule has 8 heteroatoms. The summed E-state index contributed by atoms with van der Waals surface area (Å²) < 4.78 is 3.41. The van der Waals surface area contributed by atoms with Crippen molar-refractivity contribution in [2.24, 2.45) is 0 Å². The first-order chi connectivity index (χ1) is 8.69. The van der Waals surface area contributed by atoms with Crippen molar-refractivity contribution in [3.05, 3.63) is 24.0 Å². The Morgan fingerprint density at radius 1 is 1.50 bits per heavy atom. The van der Waals surface area contributed by atoms with Crippen molar-refractivity contribution in [2.75, 3.05) is 0 Å². The van der Waals surface area contributed by atoms with Crippen molar-refractivity contribution in [1.82, 2.24) is 29.8 Å². The van der Waals surface area contributed by atoms with Crippen molar-refractivity contribution >= 4 is 5.97 Å². The van der Waals surface area contributed by atoms with Crippen LogP contribution in [-0.4, -0.2) is 40.8 Å². The highest BCUT2D eigenvalue weighted by Gasteiger charge is 2.07. The SMILES string of the molecule is CCn1ncnc1Cn1cc(CCC(=O)O)nn1. The first-order valence-electron chi connectivity index (χ1n) is 5.66. The molecule has 2 aromatic heterocycles. The third-order valence-electron chi connectivity index (χ3n) is 2.48. The van der Waals surface area contributed by atoms with Gasteiger partial charge < -0.3 is 5.11 Å². The molecule has 0 aliphatic heterocycles. The highest BCUT2D eigenvalue weighted by atomic mass is 16.4. The maximum absolute atomic E-state index is 10.4. The molecule has 2 rings (SSSR count). The van der Waals surface area contributed by atoms with Crippen LogP contribution in [0.15, 0.2) is 12.5 Å². The van der Waals surface area contributed by atoms with E-state index in [-0.39, 0.29) is 6.42 Å². The van der Waals surface area contributed by atoms with Gasteiger partial charge in [0.25, 0.3) is 0 Å². The topological polar surface area (TPSA) is 98.7 Å². The monoisotopic (exact) mass is 250 g/mol. The number of aryl methyl sites for hydroxylation is 2. The third-order valence-corrected chi connectivity index (χ3v) is 2.48. The van der Waals surface area contributed by atoms with E-state index in [4.69, 9.17) is 5.11 Å². The molecule has 2 aromatic rings. The van der Waals surface area contributed by atoms with Crippen LogP contribution in [-0.2, 0) is 24.3 Å². The lowest BCUT2D eigenvalue weighted by molar-refractivity contribution is -0.136. The van der Waals surface area contributed by atoms with Crippen molar-refractivity contribution < 1.29 is 9.90 Å². The summed E-state index contributed by atoms with van der Waals surface area (Å²) in [6.07, 6.45) is 3.68. The number of carboxylic acid groups (broad SMARTS) is 1. The van der Waals surface area contributed by atoms with Crippen molar-refractivity contribution in [1.29, 1.82) is 0 Å². The number of rotatable bonds is 6.